The van der Waals surface area contributed by atoms with E-state index in [0.717, 1.165) is 5.56 Å². The lowest BCUT2D eigenvalue weighted by molar-refractivity contribution is -0.480. The van der Waals surface area contributed by atoms with Crippen LogP contribution in [0.3, 0.4) is 0 Å². The quantitative estimate of drug-likeness (QED) is 0.394. The van der Waals surface area contributed by atoms with Crippen LogP contribution in [0.4, 0.5) is 0 Å². The van der Waals surface area contributed by atoms with E-state index in [1.807, 2.05) is 30.3 Å². The van der Waals surface area contributed by atoms with Gasteiger partial charge in [0.2, 0.25) is 20.4 Å². The summed E-state index contributed by atoms with van der Waals surface area (Å²) in [6.07, 6.45) is 3.44. The van der Waals surface area contributed by atoms with Crippen molar-refractivity contribution in [2.45, 2.75) is 48.9 Å². The van der Waals surface area contributed by atoms with E-state index in [-0.39, 0.29) is 31.3 Å². The van der Waals surface area contributed by atoms with Crippen molar-refractivity contribution in [1.29, 1.82) is 5.26 Å². The van der Waals surface area contributed by atoms with Crippen molar-refractivity contribution in [3.63, 3.8) is 0 Å². The second kappa shape index (κ2) is 11.0. The Hall–Kier alpha value is -2.54. The van der Waals surface area contributed by atoms with Crippen LogP contribution in [0.1, 0.15) is 33.3 Å². The van der Waals surface area contributed by atoms with Crippen LogP contribution in [-0.4, -0.2) is 51.2 Å². The van der Waals surface area contributed by atoms with Crippen LogP contribution in [-0.2, 0) is 28.8 Å². The van der Waals surface area contributed by atoms with Crippen LogP contribution in [0.5, 0.6) is 0 Å². The standard InChI is InChI=1S/C27H33NO6S/c1-5-31-26(32-6-2)24(20-19-22-15-11-9-12-16-22)25(21-28,27(26,33-7-3)34-8-4)35(29,30)23-17-13-10-14-18-23/h9-20,24H,5-8H2,1-4H3/b20-19+. The predicted octanol–water partition coefficient (Wildman–Crippen LogP) is 4.60. The molecule has 0 amide bonds. The van der Waals surface area contributed by atoms with Crippen LogP contribution in [0.15, 0.2) is 71.6 Å². The summed E-state index contributed by atoms with van der Waals surface area (Å²) in [7, 11) is -4.35. The van der Waals surface area contributed by atoms with E-state index in [2.05, 4.69) is 6.07 Å². The summed E-state index contributed by atoms with van der Waals surface area (Å²) >= 11 is 0. The smallest absolute Gasteiger partial charge is 0.259 e. The van der Waals surface area contributed by atoms with Crippen molar-refractivity contribution >= 4 is 15.9 Å². The number of rotatable bonds is 12. The predicted molar refractivity (Wildman–Crippen MR) is 133 cm³/mol. The maximum absolute atomic E-state index is 14.3. The van der Waals surface area contributed by atoms with Gasteiger partial charge in [0, 0.05) is 26.4 Å². The second-order valence-electron chi connectivity index (χ2n) is 7.93. The van der Waals surface area contributed by atoms with E-state index >= 15 is 0 Å². The van der Waals surface area contributed by atoms with E-state index < -0.39 is 32.1 Å². The Morgan fingerprint density at radius 3 is 1.77 bits per heavy atom. The minimum Gasteiger partial charge on any atom is -0.345 e. The number of nitrogens with zero attached hydrogens (tertiary/aromatic N) is 1. The molecule has 0 spiro atoms. The molecule has 1 aliphatic rings. The average molecular weight is 500 g/mol. The molecule has 0 N–H and O–H groups in total. The largest absolute Gasteiger partial charge is 0.345 e. The highest BCUT2D eigenvalue weighted by Crippen LogP contribution is 2.65. The summed E-state index contributed by atoms with van der Waals surface area (Å²) in [6.45, 7) is 7.50. The zero-order chi connectivity index (χ0) is 25.6. The molecular weight excluding hydrogens is 466 g/mol. The lowest BCUT2D eigenvalue weighted by atomic mass is 9.60. The third-order valence-electron chi connectivity index (χ3n) is 6.13. The van der Waals surface area contributed by atoms with Crippen LogP contribution < -0.4 is 0 Å². The van der Waals surface area contributed by atoms with Gasteiger partial charge < -0.3 is 18.9 Å². The molecule has 1 saturated carbocycles. The number of ether oxygens (including phenoxy) is 4. The molecule has 0 heterocycles. The molecule has 0 radical (unpaired) electrons. The summed E-state index contributed by atoms with van der Waals surface area (Å²) in [5, 5.41) is 10.7. The number of benzene rings is 2. The monoisotopic (exact) mass is 499 g/mol. The minimum absolute atomic E-state index is 0.00922. The number of hydrogen-bond acceptors (Lipinski definition) is 7. The minimum atomic E-state index is -4.35. The summed E-state index contributed by atoms with van der Waals surface area (Å²) in [5.74, 6) is -4.78. The highest BCUT2D eigenvalue weighted by atomic mass is 32.2. The van der Waals surface area contributed by atoms with Gasteiger partial charge in [0.1, 0.15) is 0 Å². The summed E-state index contributed by atoms with van der Waals surface area (Å²) in [6, 6.07) is 19.4. The van der Waals surface area contributed by atoms with Crippen LogP contribution >= 0.6 is 0 Å². The van der Waals surface area contributed by atoms with Gasteiger partial charge in [-0.05, 0) is 45.4 Å². The van der Waals surface area contributed by atoms with E-state index in [0.29, 0.717) is 0 Å². The van der Waals surface area contributed by atoms with Gasteiger partial charge in [-0.15, -0.1) is 0 Å². The molecule has 0 bridgehead atoms. The zero-order valence-corrected chi connectivity index (χ0v) is 21.5. The Bertz CT molecular complexity index is 1130. The third-order valence-corrected chi connectivity index (χ3v) is 8.49. The van der Waals surface area contributed by atoms with Crippen molar-refractivity contribution in [3.05, 3.63) is 72.3 Å². The molecule has 35 heavy (non-hydrogen) atoms. The Kier molecular flexibility index (Phi) is 8.52. The van der Waals surface area contributed by atoms with Crippen molar-refractivity contribution in [1.82, 2.24) is 0 Å². The van der Waals surface area contributed by atoms with Crippen LogP contribution in [0, 0.1) is 17.2 Å². The molecule has 2 atom stereocenters. The molecule has 0 saturated heterocycles. The first-order valence-electron chi connectivity index (χ1n) is 11.9. The van der Waals surface area contributed by atoms with Gasteiger partial charge in [-0.2, -0.15) is 5.26 Å². The summed E-state index contributed by atoms with van der Waals surface area (Å²) in [5.41, 5.74) is 0.837. The highest BCUT2D eigenvalue weighted by Gasteiger charge is 2.90. The van der Waals surface area contributed by atoms with Crippen molar-refractivity contribution in [3.8, 4) is 6.07 Å². The molecule has 8 heteroatoms. The molecule has 3 rings (SSSR count). The fourth-order valence-corrected chi connectivity index (χ4v) is 7.12. The third kappa shape index (κ3) is 4.02. The van der Waals surface area contributed by atoms with Crippen LogP contribution in [0.2, 0.25) is 0 Å². The fraction of sp³-hybridized carbons (Fsp3) is 0.444. The van der Waals surface area contributed by atoms with E-state index in [9.17, 15) is 13.7 Å². The first kappa shape index (κ1) is 27.1. The first-order valence-corrected chi connectivity index (χ1v) is 13.4. The highest BCUT2D eigenvalue weighted by molar-refractivity contribution is 7.93. The molecular formula is C27H33NO6S. The lowest BCUT2D eigenvalue weighted by Crippen LogP contribution is -2.89. The Balaban J connectivity index is 2.38. The second-order valence-corrected chi connectivity index (χ2v) is 10.0. The molecule has 7 nitrogen and oxygen atoms in total. The fourth-order valence-electron chi connectivity index (χ4n) is 4.93. The van der Waals surface area contributed by atoms with Crippen molar-refractivity contribution < 1.29 is 27.4 Å². The first-order chi connectivity index (χ1) is 16.9. The normalized spacial score (nSPS) is 23.0. The maximum Gasteiger partial charge on any atom is 0.259 e. The average Bonchev–Trinajstić information content (AvgIpc) is 2.87. The summed E-state index contributed by atoms with van der Waals surface area (Å²) in [4.78, 5) is -0.00922. The van der Waals surface area contributed by atoms with E-state index in [1.54, 1.807) is 58.0 Å². The van der Waals surface area contributed by atoms with Crippen molar-refractivity contribution in [2.75, 3.05) is 26.4 Å². The Morgan fingerprint density at radius 1 is 0.829 bits per heavy atom. The molecule has 2 unspecified atom stereocenters. The van der Waals surface area contributed by atoms with Gasteiger partial charge >= 0.3 is 0 Å². The van der Waals surface area contributed by atoms with Gasteiger partial charge in [0.25, 0.3) is 5.79 Å². The van der Waals surface area contributed by atoms with Gasteiger partial charge in [-0.25, -0.2) is 8.42 Å². The SMILES string of the molecule is CCOC1(OCC)C(/C=C/c2ccccc2)C(C#N)(S(=O)(=O)c2ccccc2)C1(OCC)OCC. The molecule has 1 fully saturated rings. The molecule has 2 aromatic carbocycles. The Labute approximate surface area is 208 Å². The topological polar surface area (TPSA) is 94.9 Å². The van der Waals surface area contributed by atoms with Gasteiger partial charge in [0.05, 0.1) is 16.9 Å². The zero-order valence-electron chi connectivity index (χ0n) is 20.6. The van der Waals surface area contributed by atoms with E-state index in [4.69, 9.17) is 18.9 Å². The molecule has 0 aromatic heterocycles. The Morgan fingerprint density at radius 2 is 1.31 bits per heavy atom. The van der Waals surface area contributed by atoms with Gasteiger partial charge in [-0.1, -0.05) is 60.7 Å². The van der Waals surface area contributed by atoms with Crippen molar-refractivity contribution in [2.24, 2.45) is 5.92 Å². The van der Waals surface area contributed by atoms with Gasteiger partial charge in [-0.3, -0.25) is 0 Å². The van der Waals surface area contributed by atoms with E-state index in [1.165, 1.54) is 12.1 Å². The number of sulfone groups is 1. The molecule has 0 aliphatic heterocycles. The van der Waals surface area contributed by atoms with Gasteiger partial charge in [0.15, 0.2) is 0 Å². The molecule has 188 valence electrons. The number of nitriles is 1. The lowest BCUT2D eigenvalue weighted by Gasteiger charge is -2.67. The molecule has 2 aromatic rings. The summed E-state index contributed by atoms with van der Waals surface area (Å²) < 4.78 is 51.0. The maximum atomic E-state index is 14.3. The number of hydrogen-bond donors (Lipinski definition) is 0. The van der Waals surface area contributed by atoms with Crippen LogP contribution in [0.25, 0.3) is 6.08 Å². The molecule has 1 aliphatic carbocycles.